The van der Waals surface area contributed by atoms with Crippen molar-refractivity contribution in [2.24, 2.45) is 0 Å². The molecule has 1 saturated heterocycles. The van der Waals surface area contributed by atoms with E-state index in [2.05, 4.69) is 17.0 Å². The van der Waals surface area contributed by atoms with Crippen LogP contribution in [0.2, 0.25) is 5.02 Å². The van der Waals surface area contributed by atoms with Gasteiger partial charge in [-0.25, -0.2) is 0 Å². The highest BCUT2D eigenvalue weighted by atomic mass is 35.5. The normalized spacial score (nSPS) is 16.9. The Bertz CT molecular complexity index is 632. The predicted molar refractivity (Wildman–Crippen MR) is 95.0 cm³/mol. The smallest absolute Gasteiger partial charge is 0.164 e. The molecule has 1 aliphatic heterocycles. The third kappa shape index (κ3) is 4.21. The molecule has 1 heterocycles. The molecule has 1 fully saturated rings. The number of carbonyl (C=O) groups is 1. The van der Waals surface area contributed by atoms with E-state index in [1.165, 1.54) is 24.8 Å². The first-order valence-electron chi connectivity index (χ1n) is 8.32. The van der Waals surface area contributed by atoms with E-state index in [1.807, 2.05) is 42.5 Å². The Labute approximate surface area is 143 Å². The number of benzene rings is 2. The molecule has 0 saturated carbocycles. The molecule has 0 spiro atoms. The molecular weight excluding hydrogens is 306 g/mol. The number of likely N-dealkylation sites (tertiary alicyclic amines) is 1. The van der Waals surface area contributed by atoms with Crippen molar-refractivity contribution in [1.29, 1.82) is 0 Å². The van der Waals surface area contributed by atoms with Crippen molar-refractivity contribution < 1.29 is 4.79 Å². The van der Waals surface area contributed by atoms with Crippen molar-refractivity contribution in [3.63, 3.8) is 0 Å². The summed E-state index contributed by atoms with van der Waals surface area (Å²) in [5.41, 5.74) is 1.98. The van der Waals surface area contributed by atoms with E-state index in [1.54, 1.807) is 0 Å². The maximum absolute atomic E-state index is 12.7. The second kappa shape index (κ2) is 7.76. The molecule has 0 radical (unpaired) electrons. The third-order valence-electron chi connectivity index (χ3n) is 4.56. The van der Waals surface area contributed by atoms with E-state index in [0.29, 0.717) is 6.42 Å². The summed E-state index contributed by atoms with van der Waals surface area (Å²) in [6.07, 6.45) is 4.23. The fourth-order valence-corrected chi connectivity index (χ4v) is 3.42. The van der Waals surface area contributed by atoms with Gasteiger partial charge in [0.1, 0.15) is 0 Å². The van der Waals surface area contributed by atoms with Gasteiger partial charge < -0.3 is 0 Å². The SMILES string of the molecule is O=C(CC(c1ccc(Cl)cc1)N1CCCCC1)c1ccccc1. The van der Waals surface area contributed by atoms with Crippen LogP contribution in [0.4, 0.5) is 0 Å². The lowest BCUT2D eigenvalue weighted by atomic mass is 9.95. The maximum Gasteiger partial charge on any atom is 0.164 e. The van der Waals surface area contributed by atoms with E-state index in [4.69, 9.17) is 11.6 Å². The highest BCUT2D eigenvalue weighted by Crippen LogP contribution is 2.29. The lowest BCUT2D eigenvalue weighted by Gasteiger charge is -2.34. The van der Waals surface area contributed by atoms with Gasteiger partial charge in [-0.15, -0.1) is 0 Å². The summed E-state index contributed by atoms with van der Waals surface area (Å²) >= 11 is 6.02. The molecule has 2 nitrogen and oxygen atoms in total. The first kappa shape index (κ1) is 16.2. The number of carbonyl (C=O) groups excluding carboxylic acids is 1. The van der Waals surface area contributed by atoms with Crippen molar-refractivity contribution in [2.45, 2.75) is 31.7 Å². The standard InChI is InChI=1S/C20H22ClNO/c21-18-11-9-16(10-12-18)19(22-13-5-2-6-14-22)15-20(23)17-7-3-1-4-8-17/h1,3-4,7-12,19H,2,5-6,13-15H2. The van der Waals surface area contributed by atoms with Crippen molar-refractivity contribution in [3.8, 4) is 0 Å². The van der Waals surface area contributed by atoms with Gasteiger partial charge in [-0.1, -0.05) is 60.5 Å². The monoisotopic (exact) mass is 327 g/mol. The molecule has 0 aromatic heterocycles. The molecule has 0 bridgehead atoms. The van der Waals surface area contributed by atoms with Gasteiger partial charge in [0, 0.05) is 23.0 Å². The van der Waals surface area contributed by atoms with Crippen LogP contribution in [0, 0.1) is 0 Å². The Kier molecular flexibility index (Phi) is 5.47. The Morgan fingerprint density at radius 2 is 1.61 bits per heavy atom. The van der Waals surface area contributed by atoms with Crippen molar-refractivity contribution >= 4 is 17.4 Å². The summed E-state index contributed by atoms with van der Waals surface area (Å²) in [6, 6.07) is 17.7. The number of ketones is 1. The zero-order valence-corrected chi connectivity index (χ0v) is 14.0. The molecule has 0 N–H and O–H groups in total. The zero-order valence-electron chi connectivity index (χ0n) is 13.2. The van der Waals surface area contributed by atoms with Crippen LogP contribution in [0.5, 0.6) is 0 Å². The minimum atomic E-state index is 0.139. The Balaban J connectivity index is 1.82. The van der Waals surface area contributed by atoms with Crippen molar-refractivity contribution in [3.05, 3.63) is 70.7 Å². The van der Waals surface area contributed by atoms with Crippen molar-refractivity contribution in [1.82, 2.24) is 4.90 Å². The predicted octanol–water partition coefficient (Wildman–Crippen LogP) is 5.14. The second-order valence-electron chi connectivity index (χ2n) is 6.16. The summed E-state index contributed by atoms with van der Waals surface area (Å²) in [4.78, 5) is 15.1. The molecule has 1 aliphatic rings. The van der Waals surface area contributed by atoms with E-state index >= 15 is 0 Å². The molecule has 23 heavy (non-hydrogen) atoms. The number of halogens is 1. The summed E-state index contributed by atoms with van der Waals surface area (Å²) in [5, 5.41) is 0.737. The van der Waals surface area contributed by atoms with Crippen LogP contribution in [0.3, 0.4) is 0 Å². The molecule has 0 aliphatic carbocycles. The fourth-order valence-electron chi connectivity index (χ4n) is 3.29. The maximum atomic E-state index is 12.7. The van der Waals surface area contributed by atoms with Gasteiger partial charge in [0.25, 0.3) is 0 Å². The van der Waals surface area contributed by atoms with E-state index < -0.39 is 0 Å². The molecule has 2 aromatic carbocycles. The first-order chi connectivity index (χ1) is 11.2. The minimum absolute atomic E-state index is 0.139. The highest BCUT2D eigenvalue weighted by molar-refractivity contribution is 6.30. The van der Waals surface area contributed by atoms with Gasteiger partial charge in [-0.05, 0) is 43.6 Å². The Morgan fingerprint density at radius 3 is 2.26 bits per heavy atom. The van der Waals surface area contributed by atoms with E-state index in [9.17, 15) is 4.79 Å². The van der Waals surface area contributed by atoms with Crippen LogP contribution >= 0.6 is 11.6 Å². The van der Waals surface area contributed by atoms with Crippen LogP contribution in [0.25, 0.3) is 0 Å². The van der Waals surface area contributed by atoms with E-state index in [0.717, 1.165) is 23.7 Å². The molecule has 3 rings (SSSR count). The van der Waals surface area contributed by atoms with Crippen LogP contribution in [-0.2, 0) is 0 Å². The first-order valence-corrected chi connectivity index (χ1v) is 8.69. The zero-order chi connectivity index (χ0) is 16.1. The lowest BCUT2D eigenvalue weighted by Crippen LogP contribution is -2.35. The van der Waals surface area contributed by atoms with Crippen LogP contribution < -0.4 is 0 Å². The number of Topliss-reactive ketones (excluding diaryl/α,β-unsaturated/α-hetero) is 1. The third-order valence-corrected chi connectivity index (χ3v) is 4.81. The van der Waals surface area contributed by atoms with Gasteiger partial charge in [0.05, 0.1) is 0 Å². The molecule has 1 atom stereocenters. The van der Waals surface area contributed by atoms with Gasteiger partial charge in [-0.2, -0.15) is 0 Å². The quantitative estimate of drug-likeness (QED) is 0.709. The van der Waals surface area contributed by atoms with Gasteiger partial charge in [0.2, 0.25) is 0 Å². The molecular formula is C20H22ClNO. The number of rotatable bonds is 5. The molecule has 3 heteroatoms. The summed E-state index contributed by atoms with van der Waals surface area (Å²) in [6.45, 7) is 2.13. The van der Waals surface area contributed by atoms with Crippen LogP contribution in [0.15, 0.2) is 54.6 Å². The Hall–Kier alpha value is -1.64. The summed E-state index contributed by atoms with van der Waals surface area (Å²) in [7, 11) is 0. The van der Waals surface area contributed by atoms with E-state index in [-0.39, 0.29) is 11.8 Å². The number of hydrogen-bond donors (Lipinski definition) is 0. The highest BCUT2D eigenvalue weighted by Gasteiger charge is 2.25. The van der Waals surface area contributed by atoms with Gasteiger partial charge in [0.15, 0.2) is 5.78 Å². The fraction of sp³-hybridized carbons (Fsp3) is 0.350. The average Bonchev–Trinajstić information content (AvgIpc) is 2.62. The van der Waals surface area contributed by atoms with Crippen molar-refractivity contribution in [2.75, 3.05) is 13.1 Å². The Morgan fingerprint density at radius 1 is 0.957 bits per heavy atom. The number of nitrogens with zero attached hydrogens (tertiary/aromatic N) is 1. The summed E-state index contributed by atoms with van der Waals surface area (Å²) in [5.74, 6) is 0.205. The number of piperidine rings is 1. The topological polar surface area (TPSA) is 20.3 Å². The summed E-state index contributed by atoms with van der Waals surface area (Å²) < 4.78 is 0. The van der Waals surface area contributed by atoms with Crippen LogP contribution in [-0.4, -0.2) is 23.8 Å². The largest absolute Gasteiger partial charge is 0.296 e. The number of hydrogen-bond acceptors (Lipinski definition) is 2. The molecule has 0 amide bonds. The average molecular weight is 328 g/mol. The second-order valence-corrected chi connectivity index (χ2v) is 6.59. The van der Waals surface area contributed by atoms with Gasteiger partial charge >= 0.3 is 0 Å². The van der Waals surface area contributed by atoms with Crippen LogP contribution in [0.1, 0.15) is 47.6 Å². The van der Waals surface area contributed by atoms with Gasteiger partial charge in [-0.3, -0.25) is 9.69 Å². The molecule has 1 unspecified atom stereocenters. The molecule has 120 valence electrons. The minimum Gasteiger partial charge on any atom is -0.296 e. The molecule has 2 aromatic rings. The lowest BCUT2D eigenvalue weighted by molar-refractivity contribution is 0.0895.